The number of benzene rings is 1. The van der Waals surface area contributed by atoms with Crippen molar-refractivity contribution in [1.29, 1.82) is 0 Å². The molecule has 1 aromatic carbocycles. The van der Waals surface area contributed by atoms with Gasteiger partial charge in [0.25, 0.3) is 0 Å². The van der Waals surface area contributed by atoms with E-state index in [9.17, 15) is 9.90 Å². The van der Waals surface area contributed by atoms with Crippen molar-refractivity contribution in [3.05, 3.63) is 29.8 Å². The summed E-state index contributed by atoms with van der Waals surface area (Å²) in [5, 5.41) is 9.92. The van der Waals surface area contributed by atoms with E-state index in [2.05, 4.69) is 13.8 Å². The Kier molecular flexibility index (Phi) is 7.26. The molecule has 0 aliphatic carbocycles. The molecule has 4 nitrogen and oxygen atoms in total. The van der Waals surface area contributed by atoms with Crippen LogP contribution in [0.4, 0.5) is 0 Å². The van der Waals surface area contributed by atoms with E-state index in [4.69, 9.17) is 4.74 Å². The molecule has 0 bridgehead atoms. The molecule has 4 heteroatoms. The molecule has 0 heterocycles. The number of rotatable bonds is 9. The number of aliphatic hydroxyl groups is 1. The number of hydrogen-bond acceptors (Lipinski definition) is 3. The molecule has 1 rings (SSSR count). The molecule has 0 radical (unpaired) electrons. The summed E-state index contributed by atoms with van der Waals surface area (Å²) in [6.45, 7) is 9.04. The van der Waals surface area contributed by atoms with Crippen molar-refractivity contribution in [3.8, 4) is 5.75 Å². The van der Waals surface area contributed by atoms with Gasteiger partial charge in [-0.25, -0.2) is 0 Å². The second-order valence-electron chi connectivity index (χ2n) is 4.93. The second kappa shape index (κ2) is 8.72. The van der Waals surface area contributed by atoms with Crippen molar-refractivity contribution in [2.24, 2.45) is 0 Å². The predicted molar refractivity (Wildman–Crippen MR) is 79.5 cm³/mol. The molecule has 1 aromatic rings. The molecule has 0 aliphatic heterocycles. The van der Waals surface area contributed by atoms with Gasteiger partial charge in [-0.05, 0) is 38.1 Å². The van der Waals surface area contributed by atoms with Gasteiger partial charge in [0.05, 0.1) is 13.1 Å². The molecule has 0 fully saturated rings. The van der Waals surface area contributed by atoms with E-state index in [1.54, 1.807) is 24.3 Å². The number of carbonyl (C=O) groups excluding carboxylic acids is 1. The first-order valence-electron chi connectivity index (χ1n) is 7.38. The molecule has 2 N–H and O–H groups in total. The molecule has 20 heavy (non-hydrogen) atoms. The van der Waals surface area contributed by atoms with Gasteiger partial charge in [-0.3, -0.25) is 4.79 Å². The molecule has 0 amide bonds. The van der Waals surface area contributed by atoms with Gasteiger partial charge in [-0.15, -0.1) is 0 Å². The van der Waals surface area contributed by atoms with Crippen molar-refractivity contribution in [3.63, 3.8) is 0 Å². The highest BCUT2D eigenvalue weighted by Gasteiger charge is 2.12. The van der Waals surface area contributed by atoms with Crippen LogP contribution < -0.4 is 9.64 Å². The average molecular weight is 280 g/mol. The summed E-state index contributed by atoms with van der Waals surface area (Å²) in [5.74, 6) is 0.813. The highest BCUT2D eigenvalue weighted by Crippen LogP contribution is 2.13. The lowest BCUT2D eigenvalue weighted by molar-refractivity contribution is -0.899. The molecule has 0 aromatic heterocycles. The lowest BCUT2D eigenvalue weighted by Crippen LogP contribution is -3.12. The number of aliphatic hydroxyl groups excluding tert-OH is 1. The molecular weight excluding hydrogens is 254 g/mol. The van der Waals surface area contributed by atoms with Crippen molar-refractivity contribution in [2.75, 3.05) is 26.2 Å². The fourth-order valence-corrected chi connectivity index (χ4v) is 2.06. The molecule has 112 valence electrons. The Hall–Kier alpha value is -1.39. The highest BCUT2D eigenvalue weighted by atomic mass is 16.5. The maximum atomic E-state index is 11.5. The topological polar surface area (TPSA) is 51.0 Å². The summed E-state index contributed by atoms with van der Waals surface area (Å²) in [4.78, 5) is 12.8. The number of likely N-dealkylation sites (N-methyl/N-ethyl adjacent to an activating group) is 1. The molecule has 0 saturated heterocycles. The number of carbonyl (C=O) groups is 1. The SMILES string of the molecule is CCC(=O)c1ccc(OC[C@H](O)C[NH+](CC)CC)cc1. The van der Waals surface area contributed by atoms with Gasteiger partial charge in [0.1, 0.15) is 25.0 Å². The summed E-state index contributed by atoms with van der Waals surface area (Å²) < 4.78 is 5.55. The highest BCUT2D eigenvalue weighted by molar-refractivity contribution is 5.95. The van der Waals surface area contributed by atoms with Gasteiger partial charge in [-0.2, -0.15) is 0 Å². The molecule has 0 spiro atoms. The lowest BCUT2D eigenvalue weighted by atomic mass is 10.1. The summed E-state index contributed by atoms with van der Waals surface area (Å²) in [5.41, 5.74) is 0.702. The number of hydrogen-bond donors (Lipinski definition) is 2. The monoisotopic (exact) mass is 280 g/mol. The zero-order chi connectivity index (χ0) is 15.0. The maximum absolute atomic E-state index is 11.5. The van der Waals surface area contributed by atoms with Crippen LogP contribution >= 0.6 is 0 Å². The van der Waals surface area contributed by atoms with E-state index >= 15 is 0 Å². The Morgan fingerprint density at radius 2 is 1.80 bits per heavy atom. The van der Waals surface area contributed by atoms with Gasteiger partial charge >= 0.3 is 0 Å². The third-order valence-corrected chi connectivity index (χ3v) is 3.46. The standard InChI is InChI=1S/C16H25NO3/c1-4-16(19)13-7-9-15(10-8-13)20-12-14(18)11-17(5-2)6-3/h7-10,14,18H,4-6,11-12H2,1-3H3/p+1/t14-/m1/s1. The van der Waals surface area contributed by atoms with Crippen LogP contribution in [-0.2, 0) is 0 Å². The second-order valence-corrected chi connectivity index (χ2v) is 4.93. The normalized spacial score (nSPS) is 12.4. The first-order chi connectivity index (χ1) is 9.60. The fraction of sp³-hybridized carbons (Fsp3) is 0.562. The van der Waals surface area contributed by atoms with Crippen LogP contribution in [0.2, 0.25) is 0 Å². The van der Waals surface area contributed by atoms with Crippen LogP contribution in [-0.4, -0.2) is 43.2 Å². The van der Waals surface area contributed by atoms with Crippen LogP contribution in [0.15, 0.2) is 24.3 Å². The van der Waals surface area contributed by atoms with Crippen LogP contribution in [0.3, 0.4) is 0 Å². The Bertz CT molecular complexity index is 399. The Morgan fingerprint density at radius 1 is 1.20 bits per heavy atom. The number of ether oxygens (including phenoxy) is 1. The molecular formula is C16H26NO3+. The third-order valence-electron chi connectivity index (χ3n) is 3.46. The molecule has 1 atom stereocenters. The fourth-order valence-electron chi connectivity index (χ4n) is 2.06. The van der Waals surface area contributed by atoms with E-state index in [0.29, 0.717) is 24.3 Å². The number of quaternary nitrogens is 1. The zero-order valence-corrected chi connectivity index (χ0v) is 12.7. The van der Waals surface area contributed by atoms with Gasteiger partial charge in [0.2, 0.25) is 0 Å². The Morgan fingerprint density at radius 3 is 2.30 bits per heavy atom. The van der Waals surface area contributed by atoms with Crippen molar-refractivity contribution < 1.29 is 19.5 Å². The quantitative estimate of drug-likeness (QED) is 0.662. The van der Waals surface area contributed by atoms with Crippen molar-refractivity contribution in [1.82, 2.24) is 0 Å². The summed E-state index contributed by atoms with van der Waals surface area (Å²) in [7, 11) is 0. The van der Waals surface area contributed by atoms with E-state index < -0.39 is 6.10 Å². The minimum Gasteiger partial charge on any atom is -0.491 e. The third kappa shape index (κ3) is 5.31. The van der Waals surface area contributed by atoms with Crippen LogP contribution in [0.25, 0.3) is 0 Å². The minimum atomic E-state index is -0.471. The maximum Gasteiger partial charge on any atom is 0.162 e. The lowest BCUT2D eigenvalue weighted by Gasteiger charge is -2.19. The van der Waals surface area contributed by atoms with Crippen molar-refractivity contribution in [2.45, 2.75) is 33.3 Å². The van der Waals surface area contributed by atoms with E-state index in [1.807, 2.05) is 6.92 Å². The van der Waals surface area contributed by atoms with Crippen LogP contribution in [0.1, 0.15) is 37.6 Å². The smallest absolute Gasteiger partial charge is 0.162 e. The molecule has 0 saturated carbocycles. The van der Waals surface area contributed by atoms with Gasteiger partial charge < -0.3 is 14.7 Å². The van der Waals surface area contributed by atoms with Crippen molar-refractivity contribution >= 4 is 5.78 Å². The first kappa shape index (κ1) is 16.7. The minimum absolute atomic E-state index is 0.127. The van der Waals surface area contributed by atoms with Crippen LogP contribution in [0.5, 0.6) is 5.75 Å². The van der Waals surface area contributed by atoms with Gasteiger partial charge in [0.15, 0.2) is 5.78 Å². The largest absolute Gasteiger partial charge is 0.491 e. The Balaban J connectivity index is 2.43. The average Bonchev–Trinajstić information content (AvgIpc) is 2.50. The summed E-state index contributed by atoms with van der Waals surface area (Å²) >= 11 is 0. The van der Waals surface area contributed by atoms with E-state index in [-0.39, 0.29) is 12.4 Å². The van der Waals surface area contributed by atoms with Gasteiger partial charge in [-0.1, -0.05) is 6.92 Å². The summed E-state index contributed by atoms with van der Waals surface area (Å²) in [6.07, 6.45) is 0.0350. The molecule has 0 unspecified atom stereocenters. The van der Waals surface area contributed by atoms with E-state index in [1.165, 1.54) is 4.90 Å². The molecule has 0 aliphatic rings. The predicted octanol–water partition coefficient (Wildman–Crippen LogP) is 0.944. The summed E-state index contributed by atoms with van der Waals surface area (Å²) in [6, 6.07) is 7.09. The first-order valence-corrected chi connectivity index (χ1v) is 7.38. The van der Waals surface area contributed by atoms with E-state index in [0.717, 1.165) is 13.1 Å². The van der Waals surface area contributed by atoms with Gasteiger partial charge in [0, 0.05) is 12.0 Å². The zero-order valence-electron chi connectivity index (χ0n) is 12.7. The Labute approximate surface area is 121 Å². The number of ketones is 1. The number of nitrogens with one attached hydrogen (secondary N) is 1. The number of Topliss-reactive ketones (excluding diaryl/α,β-unsaturated/α-hetero) is 1. The van der Waals surface area contributed by atoms with Crippen LogP contribution in [0, 0.1) is 0 Å².